The van der Waals surface area contributed by atoms with E-state index < -0.39 is 0 Å². The van der Waals surface area contributed by atoms with Crippen molar-refractivity contribution in [1.29, 1.82) is 0 Å². The van der Waals surface area contributed by atoms with Crippen LogP contribution in [0.5, 0.6) is 0 Å². The summed E-state index contributed by atoms with van der Waals surface area (Å²) >= 11 is 5.46. The van der Waals surface area contributed by atoms with E-state index in [2.05, 4.69) is 70.1 Å². The van der Waals surface area contributed by atoms with Gasteiger partial charge in [0.15, 0.2) is 5.11 Å². The number of nitrogens with one attached hydrogen (secondary N) is 2. The Bertz CT molecular complexity index is 927. The zero-order chi connectivity index (χ0) is 19.9. The molecule has 1 heterocycles. The van der Waals surface area contributed by atoms with Crippen molar-refractivity contribution in [1.82, 2.24) is 10.2 Å². The van der Waals surface area contributed by atoms with Gasteiger partial charge in [0.2, 0.25) is 0 Å². The van der Waals surface area contributed by atoms with Crippen LogP contribution in [0.25, 0.3) is 0 Å². The first-order valence-corrected chi connectivity index (χ1v) is 10.7. The van der Waals surface area contributed by atoms with E-state index in [-0.39, 0.29) is 0 Å². The number of benzene rings is 3. The van der Waals surface area contributed by atoms with Gasteiger partial charge in [0.05, 0.1) is 0 Å². The molecule has 4 rings (SSSR count). The third-order valence-electron chi connectivity index (χ3n) is 5.51. The SMILES string of the molecule is S=C(NCCN1CCc2ccccc2C1Cc1ccccc1)Nc1ccccc1. The van der Waals surface area contributed by atoms with Crippen LogP contribution >= 0.6 is 12.2 Å². The summed E-state index contributed by atoms with van der Waals surface area (Å²) in [5, 5.41) is 7.29. The molecule has 0 bridgehead atoms. The number of rotatable bonds is 6. The Morgan fingerprint density at radius 2 is 1.59 bits per heavy atom. The third-order valence-corrected chi connectivity index (χ3v) is 5.76. The molecule has 0 aromatic heterocycles. The topological polar surface area (TPSA) is 27.3 Å². The minimum atomic E-state index is 0.403. The van der Waals surface area contributed by atoms with Gasteiger partial charge in [0.1, 0.15) is 0 Å². The summed E-state index contributed by atoms with van der Waals surface area (Å²) < 4.78 is 0. The fourth-order valence-corrected chi connectivity index (χ4v) is 4.28. The largest absolute Gasteiger partial charge is 0.361 e. The molecule has 3 aromatic carbocycles. The molecule has 0 saturated heterocycles. The van der Waals surface area contributed by atoms with Crippen molar-refractivity contribution in [3.63, 3.8) is 0 Å². The Morgan fingerprint density at radius 3 is 2.38 bits per heavy atom. The van der Waals surface area contributed by atoms with Gasteiger partial charge >= 0.3 is 0 Å². The van der Waals surface area contributed by atoms with Gasteiger partial charge in [-0.25, -0.2) is 0 Å². The average molecular weight is 402 g/mol. The molecular weight excluding hydrogens is 374 g/mol. The number of nitrogens with zero attached hydrogens (tertiary/aromatic N) is 1. The maximum Gasteiger partial charge on any atom is 0.170 e. The van der Waals surface area contributed by atoms with Crippen LogP contribution in [0.4, 0.5) is 5.69 Å². The third kappa shape index (κ3) is 5.22. The first-order valence-electron chi connectivity index (χ1n) is 10.3. The highest BCUT2D eigenvalue weighted by molar-refractivity contribution is 7.80. The molecule has 0 spiro atoms. The maximum absolute atomic E-state index is 5.46. The van der Waals surface area contributed by atoms with Gasteiger partial charge in [-0.1, -0.05) is 72.8 Å². The van der Waals surface area contributed by atoms with Crippen LogP contribution in [-0.2, 0) is 12.8 Å². The quantitative estimate of drug-likeness (QED) is 0.580. The van der Waals surface area contributed by atoms with Crippen LogP contribution in [0.3, 0.4) is 0 Å². The second-order valence-electron chi connectivity index (χ2n) is 7.44. The Balaban J connectivity index is 1.39. The van der Waals surface area contributed by atoms with E-state index in [0.29, 0.717) is 11.2 Å². The fraction of sp³-hybridized carbons (Fsp3) is 0.240. The summed E-state index contributed by atoms with van der Waals surface area (Å²) in [6.07, 6.45) is 2.14. The summed E-state index contributed by atoms with van der Waals surface area (Å²) in [5.41, 5.74) is 5.35. The van der Waals surface area contributed by atoms with E-state index >= 15 is 0 Å². The summed E-state index contributed by atoms with van der Waals surface area (Å²) in [4.78, 5) is 2.59. The van der Waals surface area contributed by atoms with Crippen molar-refractivity contribution in [3.05, 3.63) is 102 Å². The van der Waals surface area contributed by atoms with Crippen LogP contribution in [0.15, 0.2) is 84.9 Å². The van der Waals surface area contributed by atoms with Crippen LogP contribution in [0, 0.1) is 0 Å². The lowest BCUT2D eigenvalue weighted by molar-refractivity contribution is 0.187. The lowest BCUT2D eigenvalue weighted by atomic mass is 9.88. The van der Waals surface area contributed by atoms with Gasteiger partial charge in [0.25, 0.3) is 0 Å². The molecular formula is C25H27N3S. The first kappa shape index (κ1) is 19.6. The number of hydrogen-bond acceptors (Lipinski definition) is 2. The van der Waals surface area contributed by atoms with Gasteiger partial charge in [-0.15, -0.1) is 0 Å². The molecule has 3 nitrogen and oxygen atoms in total. The van der Waals surface area contributed by atoms with Crippen molar-refractivity contribution in [2.45, 2.75) is 18.9 Å². The molecule has 1 aliphatic heterocycles. The zero-order valence-corrected chi connectivity index (χ0v) is 17.4. The van der Waals surface area contributed by atoms with Crippen molar-refractivity contribution in [2.75, 3.05) is 25.0 Å². The van der Waals surface area contributed by atoms with Gasteiger partial charge in [0, 0.05) is 31.4 Å². The minimum Gasteiger partial charge on any atom is -0.361 e. The Kier molecular flexibility index (Phi) is 6.55. The summed E-state index contributed by atoms with van der Waals surface area (Å²) in [5.74, 6) is 0. The second kappa shape index (κ2) is 9.68. The molecule has 2 N–H and O–H groups in total. The standard InChI is InChI=1S/C25H27N3S/c29-25(27-22-12-5-2-6-13-22)26-16-18-28-17-15-21-11-7-8-14-23(21)24(28)19-20-9-3-1-4-10-20/h1-14,24H,15-19H2,(H2,26,27,29). The highest BCUT2D eigenvalue weighted by atomic mass is 32.1. The first-order chi connectivity index (χ1) is 14.3. The predicted octanol–water partition coefficient (Wildman–Crippen LogP) is 4.82. The highest BCUT2D eigenvalue weighted by Gasteiger charge is 2.26. The van der Waals surface area contributed by atoms with Crippen LogP contribution in [0.2, 0.25) is 0 Å². The summed E-state index contributed by atoms with van der Waals surface area (Å²) in [7, 11) is 0. The number of para-hydroxylation sites is 1. The molecule has 0 radical (unpaired) electrons. The molecule has 0 saturated carbocycles. The Morgan fingerprint density at radius 1 is 0.897 bits per heavy atom. The molecule has 0 fully saturated rings. The maximum atomic E-state index is 5.46. The molecule has 4 heteroatoms. The van der Waals surface area contributed by atoms with Crippen molar-refractivity contribution in [2.24, 2.45) is 0 Å². The predicted molar refractivity (Wildman–Crippen MR) is 125 cm³/mol. The normalized spacial score (nSPS) is 16.1. The van der Waals surface area contributed by atoms with Gasteiger partial charge in [-0.3, -0.25) is 4.90 Å². The lowest BCUT2D eigenvalue weighted by Gasteiger charge is -2.37. The number of hydrogen-bond donors (Lipinski definition) is 2. The van der Waals surface area contributed by atoms with Gasteiger partial charge < -0.3 is 10.6 Å². The fourth-order valence-electron chi connectivity index (χ4n) is 4.06. The number of fused-ring (bicyclic) bond motifs is 1. The van der Waals surface area contributed by atoms with Crippen LogP contribution in [0.1, 0.15) is 22.7 Å². The monoisotopic (exact) mass is 401 g/mol. The minimum absolute atomic E-state index is 0.403. The van der Waals surface area contributed by atoms with E-state index in [1.54, 1.807) is 0 Å². The van der Waals surface area contributed by atoms with Gasteiger partial charge in [-0.2, -0.15) is 0 Å². The molecule has 1 unspecified atom stereocenters. The lowest BCUT2D eigenvalue weighted by Crippen LogP contribution is -2.42. The molecule has 148 valence electrons. The summed E-state index contributed by atoms with van der Waals surface area (Å²) in [6.45, 7) is 2.86. The molecule has 1 aliphatic rings. The van der Waals surface area contributed by atoms with Crippen molar-refractivity contribution >= 4 is 23.0 Å². The molecule has 3 aromatic rings. The van der Waals surface area contributed by atoms with E-state index in [1.165, 1.54) is 16.7 Å². The highest BCUT2D eigenvalue weighted by Crippen LogP contribution is 2.32. The second-order valence-corrected chi connectivity index (χ2v) is 7.85. The molecule has 1 atom stereocenters. The molecule has 29 heavy (non-hydrogen) atoms. The van der Waals surface area contributed by atoms with Gasteiger partial charge in [-0.05, 0) is 53.9 Å². The zero-order valence-electron chi connectivity index (χ0n) is 16.6. The molecule has 0 amide bonds. The van der Waals surface area contributed by atoms with E-state index in [4.69, 9.17) is 12.2 Å². The van der Waals surface area contributed by atoms with Crippen molar-refractivity contribution < 1.29 is 0 Å². The number of thiocarbonyl (C=S) groups is 1. The smallest absolute Gasteiger partial charge is 0.170 e. The molecule has 0 aliphatic carbocycles. The van der Waals surface area contributed by atoms with E-state index in [0.717, 1.165) is 38.2 Å². The van der Waals surface area contributed by atoms with E-state index in [9.17, 15) is 0 Å². The van der Waals surface area contributed by atoms with E-state index in [1.807, 2.05) is 30.3 Å². The average Bonchev–Trinajstić information content (AvgIpc) is 2.76. The van der Waals surface area contributed by atoms with Crippen LogP contribution in [-0.4, -0.2) is 29.6 Å². The van der Waals surface area contributed by atoms with Crippen LogP contribution < -0.4 is 10.6 Å². The Labute approximate surface area is 178 Å². The Hall–Kier alpha value is -2.69. The number of anilines is 1. The summed E-state index contributed by atoms with van der Waals surface area (Å²) in [6, 6.07) is 30.1. The van der Waals surface area contributed by atoms with Crippen molar-refractivity contribution in [3.8, 4) is 0 Å².